The van der Waals surface area contributed by atoms with Gasteiger partial charge >= 0.3 is 0 Å². The van der Waals surface area contributed by atoms with Crippen LogP contribution in [-0.2, 0) is 4.74 Å². The molecule has 1 rings (SSSR count). The second kappa shape index (κ2) is 17.5. The minimum absolute atomic E-state index is 0.408. The molecule has 0 amide bonds. The zero-order valence-electron chi connectivity index (χ0n) is 20.6. The van der Waals surface area contributed by atoms with E-state index in [1.165, 1.54) is 77.0 Å². The maximum Gasteiger partial charge on any atom is 0.0609 e. The lowest BCUT2D eigenvalue weighted by atomic mass is 9.78. The van der Waals surface area contributed by atoms with Crippen molar-refractivity contribution >= 4 is 0 Å². The summed E-state index contributed by atoms with van der Waals surface area (Å²) in [6.07, 6.45) is 19.1. The van der Waals surface area contributed by atoms with Gasteiger partial charge in [0, 0.05) is 0 Å². The number of ether oxygens (including phenoxy) is 1. The highest BCUT2D eigenvalue weighted by Gasteiger charge is 2.29. The summed E-state index contributed by atoms with van der Waals surface area (Å²) in [5, 5.41) is 0. The summed E-state index contributed by atoms with van der Waals surface area (Å²) in [6.45, 7) is 19.7. The quantitative estimate of drug-likeness (QED) is 0.211. The number of allylic oxidation sites excluding steroid dienone is 1. The lowest BCUT2D eigenvalue weighted by molar-refractivity contribution is -0.0583. The predicted molar refractivity (Wildman–Crippen MR) is 128 cm³/mol. The molecule has 0 heterocycles. The summed E-state index contributed by atoms with van der Waals surface area (Å²) in [4.78, 5) is 0. The summed E-state index contributed by atoms with van der Waals surface area (Å²) in [5.41, 5.74) is 0. The zero-order valence-corrected chi connectivity index (χ0v) is 20.6. The summed E-state index contributed by atoms with van der Waals surface area (Å²) in [7, 11) is 0. The fraction of sp³-hybridized carbons (Fsp3) is 0.926. The molecule has 0 N–H and O–H groups in total. The zero-order chi connectivity index (χ0) is 21.4. The van der Waals surface area contributed by atoms with Crippen LogP contribution in [0.4, 0.5) is 0 Å². The Kier molecular flexibility index (Phi) is 17.4. The molecule has 0 aliphatic heterocycles. The van der Waals surface area contributed by atoms with Gasteiger partial charge in [-0.05, 0) is 49.9 Å². The van der Waals surface area contributed by atoms with Crippen LogP contribution in [-0.4, -0.2) is 12.2 Å². The van der Waals surface area contributed by atoms with E-state index in [2.05, 4.69) is 47.3 Å². The van der Waals surface area contributed by atoms with Gasteiger partial charge in [-0.15, -0.1) is 6.58 Å². The molecule has 0 aromatic carbocycles. The van der Waals surface area contributed by atoms with Gasteiger partial charge in [-0.1, -0.05) is 105 Å². The van der Waals surface area contributed by atoms with Crippen molar-refractivity contribution in [2.75, 3.05) is 0 Å². The Morgan fingerprint density at radius 1 is 1.00 bits per heavy atom. The molecule has 168 valence electrons. The SMILES string of the molecule is C=CC(CC(CC)C(CC1CCCCC1)OC(C)CCCCC)C(C)C.CC. The summed E-state index contributed by atoms with van der Waals surface area (Å²) < 4.78 is 6.74. The molecule has 0 bridgehead atoms. The molecule has 1 heteroatoms. The summed E-state index contributed by atoms with van der Waals surface area (Å²) >= 11 is 0. The standard InChI is InChI=1S/C25H48O.C2H6/c1-7-10-12-15-21(6)26-25(18-22-16-13-11-14-17-22)24(9-3)19-23(8-2)20(4)5;1-2/h8,20-25H,2,7,9-19H2,1,3-6H3;1-2H3. The van der Waals surface area contributed by atoms with E-state index in [4.69, 9.17) is 4.74 Å². The Bertz CT molecular complexity index is 342. The van der Waals surface area contributed by atoms with Crippen molar-refractivity contribution in [3.8, 4) is 0 Å². The Hall–Kier alpha value is -0.300. The van der Waals surface area contributed by atoms with E-state index in [1.807, 2.05) is 13.8 Å². The molecule has 0 radical (unpaired) electrons. The van der Waals surface area contributed by atoms with Gasteiger partial charge in [0.25, 0.3) is 0 Å². The molecule has 0 aromatic heterocycles. The smallest absolute Gasteiger partial charge is 0.0609 e. The van der Waals surface area contributed by atoms with Gasteiger partial charge < -0.3 is 4.74 Å². The van der Waals surface area contributed by atoms with Crippen molar-refractivity contribution in [3.63, 3.8) is 0 Å². The molecule has 1 nitrogen and oxygen atoms in total. The molecular weight excluding hydrogens is 340 g/mol. The average molecular weight is 395 g/mol. The Balaban J connectivity index is 0.00000352. The van der Waals surface area contributed by atoms with Crippen LogP contribution in [0, 0.1) is 23.7 Å². The fourth-order valence-electron chi connectivity index (χ4n) is 4.73. The van der Waals surface area contributed by atoms with Gasteiger partial charge in [0.2, 0.25) is 0 Å². The van der Waals surface area contributed by atoms with Crippen molar-refractivity contribution in [3.05, 3.63) is 12.7 Å². The third-order valence-electron chi connectivity index (χ3n) is 6.70. The van der Waals surface area contributed by atoms with E-state index in [1.54, 1.807) is 0 Å². The van der Waals surface area contributed by atoms with Crippen LogP contribution < -0.4 is 0 Å². The molecule has 4 unspecified atom stereocenters. The Labute approximate surface area is 179 Å². The van der Waals surface area contributed by atoms with Crippen molar-refractivity contribution in [1.29, 1.82) is 0 Å². The monoisotopic (exact) mass is 394 g/mol. The minimum atomic E-state index is 0.408. The molecule has 1 aliphatic rings. The van der Waals surface area contributed by atoms with Crippen LogP contribution in [0.15, 0.2) is 12.7 Å². The average Bonchev–Trinajstić information content (AvgIpc) is 2.70. The van der Waals surface area contributed by atoms with E-state index in [9.17, 15) is 0 Å². The maximum atomic E-state index is 6.74. The Morgan fingerprint density at radius 3 is 2.14 bits per heavy atom. The Morgan fingerprint density at radius 2 is 1.64 bits per heavy atom. The first kappa shape index (κ1) is 27.7. The van der Waals surface area contributed by atoms with Gasteiger partial charge in [0.15, 0.2) is 0 Å². The van der Waals surface area contributed by atoms with E-state index in [0.29, 0.717) is 30.0 Å². The van der Waals surface area contributed by atoms with Gasteiger partial charge in [-0.2, -0.15) is 0 Å². The van der Waals surface area contributed by atoms with Gasteiger partial charge in [0.1, 0.15) is 0 Å². The van der Waals surface area contributed by atoms with Gasteiger partial charge in [0.05, 0.1) is 12.2 Å². The highest BCUT2D eigenvalue weighted by atomic mass is 16.5. The largest absolute Gasteiger partial charge is 0.375 e. The number of rotatable bonds is 14. The number of unbranched alkanes of at least 4 members (excludes halogenated alkanes) is 2. The van der Waals surface area contributed by atoms with Crippen LogP contribution in [0.2, 0.25) is 0 Å². The van der Waals surface area contributed by atoms with Crippen molar-refractivity contribution in [1.82, 2.24) is 0 Å². The van der Waals surface area contributed by atoms with Crippen molar-refractivity contribution in [2.24, 2.45) is 23.7 Å². The lowest BCUT2D eigenvalue weighted by Crippen LogP contribution is -2.32. The first-order chi connectivity index (χ1) is 13.5. The predicted octanol–water partition coefficient (Wildman–Crippen LogP) is 9.21. The molecular formula is C27H54O. The molecule has 1 saturated carbocycles. The molecule has 1 aliphatic carbocycles. The van der Waals surface area contributed by atoms with Crippen molar-refractivity contribution in [2.45, 2.75) is 138 Å². The highest BCUT2D eigenvalue weighted by molar-refractivity contribution is 4.86. The molecule has 4 atom stereocenters. The topological polar surface area (TPSA) is 9.23 Å². The minimum Gasteiger partial charge on any atom is -0.375 e. The number of hydrogen-bond donors (Lipinski definition) is 0. The summed E-state index contributed by atoms with van der Waals surface area (Å²) in [6, 6.07) is 0. The van der Waals surface area contributed by atoms with Crippen LogP contribution in [0.1, 0.15) is 126 Å². The van der Waals surface area contributed by atoms with E-state index >= 15 is 0 Å². The van der Waals surface area contributed by atoms with Gasteiger partial charge in [-0.25, -0.2) is 0 Å². The first-order valence-electron chi connectivity index (χ1n) is 12.8. The molecule has 0 aromatic rings. The van der Waals surface area contributed by atoms with Crippen LogP contribution in [0.25, 0.3) is 0 Å². The second-order valence-corrected chi connectivity index (χ2v) is 9.27. The highest BCUT2D eigenvalue weighted by Crippen LogP contribution is 2.35. The molecule has 0 spiro atoms. The summed E-state index contributed by atoms with van der Waals surface area (Å²) in [5.74, 6) is 2.87. The van der Waals surface area contributed by atoms with E-state index in [0.717, 1.165) is 5.92 Å². The van der Waals surface area contributed by atoms with Crippen LogP contribution in [0.3, 0.4) is 0 Å². The van der Waals surface area contributed by atoms with E-state index < -0.39 is 0 Å². The first-order valence-corrected chi connectivity index (χ1v) is 12.8. The second-order valence-electron chi connectivity index (χ2n) is 9.27. The number of hydrogen-bond acceptors (Lipinski definition) is 1. The third-order valence-corrected chi connectivity index (χ3v) is 6.70. The lowest BCUT2D eigenvalue weighted by Gasteiger charge is -2.35. The van der Waals surface area contributed by atoms with Gasteiger partial charge in [-0.3, -0.25) is 0 Å². The maximum absolute atomic E-state index is 6.74. The molecule has 0 saturated heterocycles. The van der Waals surface area contributed by atoms with Crippen LogP contribution in [0.5, 0.6) is 0 Å². The molecule has 1 fully saturated rings. The van der Waals surface area contributed by atoms with E-state index in [-0.39, 0.29) is 0 Å². The normalized spacial score (nSPS) is 19.4. The van der Waals surface area contributed by atoms with Crippen LogP contribution >= 0.6 is 0 Å². The fourth-order valence-corrected chi connectivity index (χ4v) is 4.73. The third kappa shape index (κ3) is 11.6. The molecule has 28 heavy (non-hydrogen) atoms. The van der Waals surface area contributed by atoms with Crippen molar-refractivity contribution < 1.29 is 4.74 Å².